The number of rotatable bonds is 7. The Hall–Kier alpha value is -6.35. The number of piperazine rings is 1. The lowest BCUT2D eigenvalue weighted by Crippen LogP contribution is -2.62. The Morgan fingerprint density at radius 1 is 0.911 bits per heavy atom. The van der Waals surface area contributed by atoms with E-state index in [1.54, 1.807) is 0 Å². The number of carboxylic acids is 1. The molecule has 56 heavy (non-hydrogen) atoms. The first-order valence-corrected chi connectivity index (χ1v) is 17.2. The zero-order valence-corrected chi connectivity index (χ0v) is 29.5. The summed E-state index contributed by atoms with van der Waals surface area (Å²) in [5, 5.41) is 63.5. The van der Waals surface area contributed by atoms with E-state index < -0.39 is 112 Å². The van der Waals surface area contributed by atoms with Gasteiger partial charge in [0.25, 0.3) is 5.91 Å². The van der Waals surface area contributed by atoms with E-state index in [1.165, 1.54) is 21.9 Å². The van der Waals surface area contributed by atoms with Crippen molar-refractivity contribution >= 4 is 54.3 Å². The number of phenols is 4. The number of piperidine rings is 1. The van der Waals surface area contributed by atoms with Crippen LogP contribution in [0.2, 0.25) is 5.02 Å². The molecule has 0 spiro atoms. The first kappa shape index (κ1) is 39.4. The van der Waals surface area contributed by atoms with Crippen LogP contribution in [0.5, 0.6) is 28.7 Å². The average Bonchev–Trinajstić information content (AvgIpc) is 3.15. The third kappa shape index (κ3) is 7.37. The Kier molecular flexibility index (Phi) is 10.8. The largest absolute Gasteiger partial charge is 0.547 e. The summed E-state index contributed by atoms with van der Waals surface area (Å²) in [4.78, 5) is 81.7. The van der Waals surface area contributed by atoms with Crippen LogP contribution in [-0.4, -0.2) is 126 Å². The number of nitrogens with zero attached hydrogens (tertiary/aromatic N) is 3. The van der Waals surface area contributed by atoms with Gasteiger partial charge >= 0.3 is 30.9 Å². The number of imide groups is 1. The number of benzene rings is 3. The fourth-order valence-electron chi connectivity index (χ4n) is 6.79. The third-order valence-electron chi connectivity index (χ3n) is 9.69. The minimum atomic E-state index is -2.08. The van der Waals surface area contributed by atoms with E-state index in [2.05, 4.69) is 10.6 Å². The average molecular weight is 802 g/mol. The number of amides is 6. The molecule has 0 aromatic heterocycles. The second kappa shape index (κ2) is 15.4. The molecule has 3 aliphatic rings. The molecule has 0 aliphatic carbocycles. The van der Waals surface area contributed by atoms with Crippen molar-refractivity contribution in [2.75, 3.05) is 26.2 Å². The van der Waals surface area contributed by atoms with E-state index in [0.29, 0.717) is 11.0 Å². The van der Waals surface area contributed by atoms with Gasteiger partial charge in [0.15, 0.2) is 17.3 Å². The van der Waals surface area contributed by atoms with Crippen LogP contribution >= 0.6 is 11.6 Å². The maximum Gasteiger partial charge on any atom is 0.547 e. The molecule has 8 N–H and O–H groups in total. The van der Waals surface area contributed by atoms with Gasteiger partial charge in [0.05, 0.1) is 16.5 Å². The maximum atomic E-state index is 14.7. The summed E-state index contributed by atoms with van der Waals surface area (Å²) in [5.74, 6) is -13.5. The Bertz CT molecular complexity index is 2170. The Balaban J connectivity index is 1.16. The molecule has 3 aromatic carbocycles. The van der Waals surface area contributed by atoms with Gasteiger partial charge in [0.1, 0.15) is 34.7 Å². The number of carbonyl (C=O) groups excluding carboxylic acids is 5. The summed E-state index contributed by atoms with van der Waals surface area (Å²) in [7, 11) is -1.99. The number of carboxylic acid groups (broad SMARTS) is 1. The third-order valence-corrected chi connectivity index (χ3v) is 10.1. The number of aromatic hydroxyl groups is 4. The van der Waals surface area contributed by atoms with Gasteiger partial charge in [-0.05, 0) is 49.1 Å². The Labute approximate surface area is 319 Å². The minimum absolute atomic E-state index is 0.0368. The van der Waals surface area contributed by atoms with Crippen LogP contribution in [0.4, 0.5) is 13.6 Å². The summed E-state index contributed by atoms with van der Waals surface area (Å²) >= 11 is 6.15. The van der Waals surface area contributed by atoms with E-state index >= 15 is 0 Å². The molecule has 2 atom stereocenters. The summed E-state index contributed by atoms with van der Waals surface area (Å²) in [6, 6.07) is 2.09. The van der Waals surface area contributed by atoms with Crippen molar-refractivity contribution in [3.8, 4) is 28.7 Å². The zero-order valence-electron chi connectivity index (χ0n) is 28.7. The highest BCUT2D eigenvalue weighted by Gasteiger charge is 2.44. The van der Waals surface area contributed by atoms with Crippen molar-refractivity contribution in [3.05, 3.63) is 75.3 Å². The standard InChI is InChI=1S/C34H31BClF2N5O13/c36-24-18(13-20(38)26(46)27(24)47)25(29(48)39-22-11-14-1-4-19(37)23(33(52)53)28(14)56-35(22)55)40-34(54)43-10-9-42(31(50)32(43)51)15-5-7-41(8-6-15)30(49)17-3-2-16(44)12-21(17)45/h1-4,12-13,15,22,25,44-47,55H,5-11H2,(H,39,48)(H,40,54)(H,52,53)/t22-,25?/m0/s1. The number of hydrogen-bond donors (Lipinski definition) is 8. The monoisotopic (exact) mass is 801 g/mol. The smallest absolute Gasteiger partial charge is 0.534 e. The molecule has 18 nitrogen and oxygen atoms in total. The highest BCUT2D eigenvalue weighted by atomic mass is 35.5. The van der Waals surface area contributed by atoms with Crippen molar-refractivity contribution in [1.82, 2.24) is 25.3 Å². The normalized spacial score (nSPS) is 17.9. The number of carbonyl (C=O) groups is 6. The van der Waals surface area contributed by atoms with Gasteiger partial charge in [-0.2, -0.15) is 0 Å². The molecular weight excluding hydrogens is 771 g/mol. The highest BCUT2D eigenvalue weighted by molar-refractivity contribution is 6.47. The number of aromatic carboxylic acids is 1. The summed E-state index contributed by atoms with van der Waals surface area (Å²) in [6.45, 7) is -0.263. The fourth-order valence-corrected chi connectivity index (χ4v) is 7.04. The Morgan fingerprint density at radius 2 is 1.61 bits per heavy atom. The summed E-state index contributed by atoms with van der Waals surface area (Å²) < 4.78 is 34.1. The van der Waals surface area contributed by atoms with Crippen molar-refractivity contribution in [3.63, 3.8) is 0 Å². The SMILES string of the molecule is O=C(O)c1c(F)ccc2c1OB(O)[C@@H](NC(=O)C(NC(=O)N1CCN(C3CCN(C(=O)c4ccc(O)cc4O)CC3)C(=O)C1=O)c1cc(F)c(O)c(O)c1Cl)C2. The van der Waals surface area contributed by atoms with Crippen molar-refractivity contribution in [2.24, 2.45) is 0 Å². The number of likely N-dealkylation sites (tertiary alicyclic amines) is 1. The fraction of sp³-hybridized carbons (Fsp3) is 0.294. The first-order valence-electron chi connectivity index (χ1n) is 16.8. The maximum absolute atomic E-state index is 14.7. The topological polar surface area (TPSA) is 267 Å². The molecule has 2 saturated heterocycles. The number of phenolic OH excluding ortho intramolecular Hbond substituents is 4. The predicted molar refractivity (Wildman–Crippen MR) is 186 cm³/mol. The van der Waals surface area contributed by atoms with Crippen LogP contribution in [0.25, 0.3) is 0 Å². The van der Waals surface area contributed by atoms with Gasteiger partial charge < -0.3 is 55.6 Å². The molecule has 22 heteroatoms. The van der Waals surface area contributed by atoms with Crippen LogP contribution in [0, 0.1) is 11.6 Å². The first-order chi connectivity index (χ1) is 26.5. The quantitative estimate of drug-likeness (QED) is 0.0943. The molecule has 6 rings (SSSR count). The molecule has 6 amide bonds. The molecule has 3 aromatic rings. The predicted octanol–water partition coefficient (Wildman–Crippen LogP) is 1.00. The molecule has 1 unspecified atom stereocenters. The van der Waals surface area contributed by atoms with Crippen LogP contribution in [0.1, 0.15) is 50.7 Å². The number of fused-ring (bicyclic) bond motifs is 1. The van der Waals surface area contributed by atoms with E-state index in [0.717, 1.165) is 18.2 Å². The minimum Gasteiger partial charge on any atom is -0.534 e. The van der Waals surface area contributed by atoms with Crippen LogP contribution in [0.15, 0.2) is 36.4 Å². The molecule has 0 radical (unpaired) electrons. The highest BCUT2D eigenvalue weighted by Crippen LogP contribution is 2.41. The molecule has 2 fully saturated rings. The molecular formula is C34H31BClF2N5O13. The van der Waals surface area contributed by atoms with Crippen molar-refractivity contribution in [2.45, 2.75) is 37.3 Å². The molecule has 0 bridgehead atoms. The summed E-state index contributed by atoms with van der Waals surface area (Å²) in [6.07, 6.45) is 0.133. The van der Waals surface area contributed by atoms with Gasteiger partial charge in [-0.15, -0.1) is 0 Å². The van der Waals surface area contributed by atoms with Gasteiger partial charge in [-0.3, -0.25) is 24.1 Å². The number of halogens is 3. The zero-order chi connectivity index (χ0) is 40.7. The van der Waals surface area contributed by atoms with Crippen molar-refractivity contribution in [1.29, 1.82) is 0 Å². The molecule has 3 heterocycles. The van der Waals surface area contributed by atoms with E-state index in [9.17, 15) is 68.1 Å². The van der Waals surface area contributed by atoms with Gasteiger partial charge in [0, 0.05) is 43.9 Å². The lowest BCUT2D eigenvalue weighted by molar-refractivity contribution is -0.156. The summed E-state index contributed by atoms with van der Waals surface area (Å²) in [5.41, 5.74) is -1.48. The van der Waals surface area contributed by atoms with E-state index in [4.69, 9.17) is 16.3 Å². The van der Waals surface area contributed by atoms with Crippen LogP contribution < -0.4 is 15.3 Å². The van der Waals surface area contributed by atoms with Crippen molar-refractivity contribution < 1.29 is 72.8 Å². The Morgan fingerprint density at radius 3 is 2.27 bits per heavy atom. The number of hydrogen-bond acceptors (Lipinski definition) is 12. The van der Waals surface area contributed by atoms with Crippen LogP contribution in [-0.2, 0) is 20.8 Å². The molecule has 3 aliphatic heterocycles. The molecule has 0 saturated carbocycles. The van der Waals surface area contributed by atoms with E-state index in [-0.39, 0.29) is 62.3 Å². The molecule has 294 valence electrons. The lowest BCUT2D eigenvalue weighted by Gasteiger charge is -2.41. The number of urea groups is 1. The lowest BCUT2D eigenvalue weighted by atomic mass is 9.72. The van der Waals surface area contributed by atoms with E-state index in [1.807, 2.05) is 0 Å². The second-order valence-corrected chi connectivity index (χ2v) is 13.4. The van der Waals surface area contributed by atoms with Gasteiger partial charge in [-0.25, -0.2) is 18.4 Å². The van der Waals surface area contributed by atoms with Gasteiger partial charge in [0.2, 0.25) is 5.91 Å². The van der Waals surface area contributed by atoms with Gasteiger partial charge in [-0.1, -0.05) is 17.7 Å². The second-order valence-electron chi connectivity index (χ2n) is 13.1. The number of nitrogens with one attached hydrogen (secondary N) is 2. The van der Waals surface area contributed by atoms with Crippen LogP contribution in [0.3, 0.4) is 0 Å².